The number of amides is 1. The molecule has 1 N–H and O–H groups in total. The van der Waals surface area contributed by atoms with E-state index in [1.807, 2.05) is 36.6 Å². The second kappa shape index (κ2) is 7.67. The number of carbonyl (C=O) groups is 1. The summed E-state index contributed by atoms with van der Waals surface area (Å²) in [6, 6.07) is 7.61. The van der Waals surface area contributed by atoms with Crippen LogP contribution in [-0.4, -0.2) is 16.6 Å². The number of halogens is 1. The van der Waals surface area contributed by atoms with Crippen molar-refractivity contribution in [3.63, 3.8) is 0 Å². The van der Waals surface area contributed by atoms with Gasteiger partial charge in [-0.25, -0.2) is 4.98 Å². The molecule has 1 unspecified atom stereocenters. The highest BCUT2D eigenvalue weighted by molar-refractivity contribution is 8.01. The number of rotatable bonds is 6. The molecule has 0 saturated carbocycles. The maximum absolute atomic E-state index is 12.0. The lowest BCUT2D eigenvalue weighted by Gasteiger charge is -2.17. The Labute approximate surface area is 131 Å². The third kappa shape index (κ3) is 4.51. The molecular formula is C14H15ClN2OS2. The summed E-state index contributed by atoms with van der Waals surface area (Å²) in [5.74, 6) is 0.407. The first-order chi connectivity index (χ1) is 9.69. The topological polar surface area (TPSA) is 42.0 Å². The number of benzene rings is 1. The fourth-order valence-corrected chi connectivity index (χ4v) is 3.34. The van der Waals surface area contributed by atoms with Crippen LogP contribution >= 0.6 is 34.7 Å². The standard InChI is InChI=1S/C14H15ClN2OS2/c1-2-12(10-3-5-11(15)6-4-10)17-13(18)9-20-14-16-7-8-19-14/h3-8,12H,2,9H2,1H3,(H,17,18). The molecule has 0 fully saturated rings. The van der Waals surface area contributed by atoms with Gasteiger partial charge in [-0.05, 0) is 24.1 Å². The Hall–Kier alpha value is -1.04. The number of thioether (sulfide) groups is 1. The Morgan fingerprint density at radius 2 is 2.20 bits per heavy atom. The first-order valence-corrected chi connectivity index (χ1v) is 8.50. The van der Waals surface area contributed by atoms with E-state index in [2.05, 4.69) is 10.3 Å². The average molecular weight is 327 g/mol. The van der Waals surface area contributed by atoms with Gasteiger partial charge in [-0.3, -0.25) is 4.79 Å². The predicted molar refractivity (Wildman–Crippen MR) is 85.5 cm³/mol. The number of nitrogens with one attached hydrogen (secondary N) is 1. The smallest absolute Gasteiger partial charge is 0.230 e. The zero-order valence-corrected chi connectivity index (χ0v) is 13.4. The van der Waals surface area contributed by atoms with Gasteiger partial charge in [0.2, 0.25) is 5.91 Å². The molecule has 0 aliphatic carbocycles. The number of hydrogen-bond donors (Lipinski definition) is 1. The van der Waals surface area contributed by atoms with Gasteiger partial charge in [0, 0.05) is 16.6 Å². The van der Waals surface area contributed by atoms with Gasteiger partial charge in [0.1, 0.15) is 4.34 Å². The third-order valence-electron chi connectivity index (χ3n) is 2.75. The van der Waals surface area contributed by atoms with Crippen molar-refractivity contribution in [3.8, 4) is 0 Å². The van der Waals surface area contributed by atoms with Gasteiger partial charge in [-0.1, -0.05) is 42.4 Å². The Bertz CT molecular complexity index is 543. The van der Waals surface area contributed by atoms with Crippen molar-refractivity contribution in [3.05, 3.63) is 46.4 Å². The lowest BCUT2D eigenvalue weighted by atomic mass is 10.0. The molecule has 0 radical (unpaired) electrons. The summed E-state index contributed by atoms with van der Waals surface area (Å²) in [6.45, 7) is 2.05. The first kappa shape index (κ1) is 15.4. The molecule has 2 aromatic rings. The van der Waals surface area contributed by atoms with E-state index >= 15 is 0 Å². The van der Waals surface area contributed by atoms with Crippen LogP contribution in [0.15, 0.2) is 40.2 Å². The van der Waals surface area contributed by atoms with Crippen LogP contribution in [0.5, 0.6) is 0 Å². The van der Waals surface area contributed by atoms with E-state index in [-0.39, 0.29) is 11.9 Å². The monoisotopic (exact) mass is 326 g/mol. The number of carbonyl (C=O) groups excluding carboxylic acids is 1. The lowest BCUT2D eigenvalue weighted by molar-refractivity contribution is -0.119. The first-order valence-electron chi connectivity index (χ1n) is 6.26. The van der Waals surface area contributed by atoms with Gasteiger partial charge in [-0.15, -0.1) is 11.3 Å². The largest absolute Gasteiger partial charge is 0.349 e. The molecule has 6 heteroatoms. The SMILES string of the molecule is CCC(NC(=O)CSc1nccs1)c1ccc(Cl)cc1. The molecule has 1 amide bonds. The van der Waals surface area contributed by atoms with Crippen molar-refractivity contribution >= 4 is 40.6 Å². The van der Waals surface area contributed by atoms with Crippen molar-refractivity contribution in [1.82, 2.24) is 10.3 Å². The van der Waals surface area contributed by atoms with Gasteiger partial charge in [0.15, 0.2) is 0 Å². The van der Waals surface area contributed by atoms with Gasteiger partial charge < -0.3 is 5.32 Å². The summed E-state index contributed by atoms with van der Waals surface area (Å²) in [7, 11) is 0. The summed E-state index contributed by atoms with van der Waals surface area (Å²) in [5.41, 5.74) is 1.07. The summed E-state index contributed by atoms with van der Waals surface area (Å²) < 4.78 is 0.916. The van der Waals surface area contributed by atoms with E-state index in [9.17, 15) is 4.79 Å². The molecular weight excluding hydrogens is 312 g/mol. The summed E-state index contributed by atoms with van der Waals surface area (Å²) in [6.07, 6.45) is 2.59. The van der Waals surface area contributed by atoms with E-state index in [0.29, 0.717) is 10.8 Å². The molecule has 20 heavy (non-hydrogen) atoms. The van der Waals surface area contributed by atoms with Crippen LogP contribution in [0, 0.1) is 0 Å². The maximum Gasteiger partial charge on any atom is 0.230 e. The van der Waals surface area contributed by atoms with E-state index < -0.39 is 0 Å². The zero-order valence-electron chi connectivity index (χ0n) is 11.0. The number of thiazole rings is 1. The summed E-state index contributed by atoms with van der Waals surface area (Å²) in [5, 5.41) is 5.65. The third-order valence-corrected chi connectivity index (χ3v) is 4.97. The number of nitrogens with zero attached hydrogens (tertiary/aromatic N) is 1. The molecule has 1 heterocycles. The molecule has 0 bridgehead atoms. The van der Waals surface area contributed by atoms with E-state index in [1.165, 1.54) is 11.8 Å². The predicted octanol–water partition coefficient (Wildman–Crippen LogP) is 4.16. The molecule has 3 nitrogen and oxygen atoms in total. The molecule has 0 aliphatic rings. The zero-order chi connectivity index (χ0) is 14.4. The fourth-order valence-electron chi connectivity index (χ4n) is 1.76. The molecule has 0 aliphatic heterocycles. The Morgan fingerprint density at radius 3 is 2.80 bits per heavy atom. The Balaban J connectivity index is 1.89. The number of hydrogen-bond acceptors (Lipinski definition) is 4. The summed E-state index contributed by atoms with van der Waals surface area (Å²) >= 11 is 8.88. The molecule has 2 rings (SSSR count). The molecule has 106 valence electrons. The van der Waals surface area contributed by atoms with Gasteiger partial charge in [-0.2, -0.15) is 0 Å². The van der Waals surface area contributed by atoms with Gasteiger partial charge in [0.25, 0.3) is 0 Å². The quantitative estimate of drug-likeness (QED) is 0.811. The maximum atomic E-state index is 12.0. The number of aromatic nitrogens is 1. The van der Waals surface area contributed by atoms with Gasteiger partial charge in [0.05, 0.1) is 11.8 Å². The minimum atomic E-state index is 0.0204. The second-order valence-electron chi connectivity index (χ2n) is 4.17. The van der Waals surface area contributed by atoms with Crippen LogP contribution in [-0.2, 0) is 4.79 Å². The van der Waals surface area contributed by atoms with Crippen molar-refractivity contribution in [1.29, 1.82) is 0 Å². The highest BCUT2D eigenvalue weighted by Crippen LogP contribution is 2.22. The van der Waals surface area contributed by atoms with Crippen molar-refractivity contribution in [2.24, 2.45) is 0 Å². The van der Waals surface area contributed by atoms with Crippen LogP contribution in [0.4, 0.5) is 0 Å². The molecule has 1 aromatic carbocycles. The molecule has 0 spiro atoms. The minimum Gasteiger partial charge on any atom is -0.349 e. The Morgan fingerprint density at radius 1 is 1.45 bits per heavy atom. The highest BCUT2D eigenvalue weighted by atomic mass is 35.5. The molecule has 1 atom stereocenters. The second-order valence-corrected chi connectivity index (χ2v) is 6.72. The van der Waals surface area contributed by atoms with E-state index in [1.54, 1.807) is 17.5 Å². The van der Waals surface area contributed by atoms with Crippen molar-refractivity contribution in [2.75, 3.05) is 5.75 Å². The van der Waals surface area contributed by atoms with Crippen LogP contribution in [0.3, 0.4) is 0 Å². The van der Waals surface area contributed by atoms with E-state index in [0.717, 1.165) is 16.3 Å². The fraction of sp³-hybridized carbons (Fsp3) is 0.286. The van der Waals surface area contributed by atoms with Crippen LogP contribution in [0.1, 0.15) is 24.9 Å². The average Bonchev–Trinajstić information content (AvgIpc) is 2.97. The van der Waals surface area contributed by atoms with Gasteiger partial charge >= 0.3 is 0 Å². The molecule has 0 saturated heterocycles. The normalized spacial score (nSPS) is 12.1. The highest BCUT2D eigenvalue weighted by Gasteiger charge is 2.13. The van der Waals surface area contributed by atoms with Crippen molar-refractivity contribution in [2.45, 2.75) is 23.7 Å². The van der Waals surface area contributed by atoms with Crippen LogP contribution in [0.25, 0.3) is 0 Å². The lowest BCUT2D eigenvalue weighted by Crippen LogP contribution is -2.29. The van der Waals surface area contributed by atoms with Crippen LogP contribution < -0.4 is 5.32 Å². The minimum absolute atomic E-state index is 0.0204. The summed E-state index contributed by atoms with van der Waals surface area (Å²) in [4.78, 5) is 16.1. The Kier molecular flexibility index (Phi) is 5.88. The van der Waals surface area contributed by atoms with Crippen molar-refractivity contribution < 1.29 is 4.79 Å². The molecule has 1 aromatic heterocycles. The van der Waals surface area contributed by atoms with E-state index in [4.69, 9.17) is 11.6 Å². The van der Waals surface area contributed by atoms with Crippen LogP contribution in [0.2, 0.25) is 5.02 Å².